The molecule has 0 spiro atoms. The standard InChI is InChI=1S/C14H12BrNO4/c15-12-7-6-11(8-17)13(16(18)19)14(12)20-9-10-4-2-1-3-5-10/h1-7,17H,8-9H2. The van der Waals surface area contributed by atoms with Gasteiger partial charge >= 0.3 is 5.69 Å². The van der Waals surface area contributed by atoms with E-state index in [-0.39, 0.29) is 23.6 Å². The maximum Gasteiger partial charge on any atom is 0.317 e. The summed E-state index contributed by atoms with van der Waals surface area (Å²) in [5.41, 5.74) is 0.919. The fraction of sp³-hybridized carbons (Fsp3) is 0.143. The van der Waals surface area contributed by atoms with Gasteiger partial charge in [-0.25, -0.2) is 0 Å². The molecular weight excluding hydrogens is 326 g/mol. The van der Waals surface area contributed by atoms with E-state index in [1.165, 1.54) is 6.07 Å². The van der Waals surface area contributed by atoms with Crippen LogP contribution in [0.15, 0.2) is 46.9 Å². The van der Waals surface area contributed by atoms with Gasteiger partial charge in [-0.1, -0.05) is 30.3 Å². The number of rotatable bonds is 5. The lowest BCUT2D eigenvalue weighted by molar-refractivity contribution is -0.387. The van der Waals surface area contributed by atoms with Crippen LogP contribution in [0.3, 0.4) is 0 Å². The maximum atomic E-state index is 11.2. The second kappa shape index (κ2) is 6.49. The smallest absolute Gasteiger partial charge is 0.317 e. The molecule has 0 fully saturated rings. The third-order valence-corrected chi connectivity index (χ3v) is 3.37. The molecule has 0 aliphatic carbocycles. The first kappa shape index (κ1) is 14.5. The molecule has 0 aliphatic heterocycles. The van der Waals surface area contributed by atoms with E-state index in [1.54, 1.807) is 6.07 Å². The highest BCUT2D eigenvalue weighted by atomic mass is 79.9. The van der Waals surface area contributed by atoms with Crippen molar-refractivity contribution < 1.29 is 14.8 Å². The zero-order chi connectivity index (χ0) is 14.5. The first-order chi connectivity index (χ1) is 9.63. The molecular formula is C14H12BrNO4. The Kier molecular flexibility index (Phi) is 4.70. The summed E-state index contributed by atoms with van der Waals surface area (Å²) in [6, 6.07) is 12.5. The molecule has 0 aromatic heterocycles. The minimum Gasteiger partial charge on any atom is -0.481 e. The Labute approximate surface area is 124 Å². The highest BCUT2D eigenvalue weighted by Gasteiger charge is 2.23. The normalized spacial score (nSPS) is 10.3. The quantitative estimate of drug-likeness (QED) is 0.670. The van der Waals surface area contributed by atoms with Gasteiger partial charge in [0.2, 0.25) is 5.75 Å². The molecule has 2 aromatic carbocycles. The molecule has 2 rings (SSSR count). The van der Waals surface area contributed by atoms with Crippen LogP contribution in [0.2, 0.25) is 0 Å². The number of nitro benzene ring substituents is 1. The van der Waals surface area contributed by atoms with Crippen LogP contribution in [-0.2, 0) is 13.2 Å². The molecule has 0 unspecified atom stereocenters. The van der Waals surface area contributed by atoms with Crippen molar-refractivity contribution in [2.75, 3.05) is 0 Å². The molecule has 2 aromatic rings. The van der Waals surface area contributed by atoms with Crippen molar-refractivity contribution in [1.82, 2.24) is 0 Å². The molecule has 0 amide bonds. The van der Waals surface area contributed by atoms with Crippen LogP contribution in [0, 0.1) is 10.1 Å². The number of ether oxygens (including phenoxy) is 1. The fourth-order valence-electron chi connectivity index (χ4n) is 1.78. The maximum absolute atomic E-state index is 11.2. The average Bonchev–Trinajstić information content (AvgIpc) is 2.46. The van der Waals surface area contributed by atoms with Gasteiger partial charge in [0.25, 0.3) is 0 Å². The minimum absolute atomic E-state index is 0.130. The van der Waals surface area contributed by atoms with Crippen LogP contribution in [0.25, 0.3) is 0 Å². The second-order valence-corrected chi connectivity index (χ2v) is 4.93. The van der Waals surface area contributed by atoms with Gasteiger partial charge in [-0.2, -0.15) is 0 Å². The molecule has 5 nitrogen and oxygen atoms in total. The van der Waals surface area contributed by atoms with E-state index in [1.807, 2.05) is 30.3 Å². The Bertz CT molecular complexity index is 616. The summed E-state index contributed by atoms with van der Waals surface area (Å²) in [6.07, 6.45) is 0. The number of benzene rings is 2. The van der Waals surface area contributed by atoms with E-state index in [0.29, 0.717) is 4.47 Å². The predicted octanol–water partition coefficient (Wildman–Crippen LogP) is 3.43. The topological polar surface area (TPSA) is 72.6 Å². The van der Waals surface area contributed by atoms with Gasteiger partial charge < -0.3 is 9.84 Å². The van der Waals surface area contributed by atoms with Gasteiger partial charge in [0.1, 0.15) is 6.61 Å². The van der Waals surface area contributed by atoms with E-state index in [9.17, 15) is 15.2 Å². The number of aliphatic hydroxyl groups excluding tert-OH is 1. The molecule has 6 heteroatoms. The molecule has 0 radical (unpaired) electrons. The highest BCUT2D eigenvalue weighted by Crippen LogP contribution is 2.38. The number of nitro groups is 1. The molecule has 0 heterocycles. The van der Waals surface area contributed by atoms with E-state index in [2.05, 4.69) is 15.9 Å². The number of hydrogen-bond acceptors (Lipinski definition) is 4. The minimum atomic E-state index is -0.545. The highest BCUT2D eigenvalue weighted by molar-refractivity contribution is 9.10. The fourth-order valence-corrected chi connectivity index (χ4v) is 2.22. The molecule has 0 bridgehead atoms. The van der Waals surface area contributed by atoms with Crippen molar-refractivity contribution in [3.8, 4) is 5.75 Å². The van der Waals surface area contributed by atoms with Crippen molar-refractivity contribution in [3.63, 3.8) is 0 Å². The van der Waals surface area contributed by atoms with Crippen LogP contribution in [0.1, 0.15) is 11.1 Å². The Morgan fingerprint density at radius 1 is 1.20 bits per heavy atom. The number of aliphatic hydroxyl groups is 1. The van der Waals surface area contributed by atoms with Crippen molar-refractivity contribution >= 4 is 21.6 Å². The zero-order valence-corrected chi connectivity index (χ0v) is 12.0. The third kappa shape index (κ3) is 3.15. The predicted molar refractivity (Wildman–Crippen MR) is 77.5 cm³/mol. The summed E-state index contributed by atoms with van der Waals surface area (Å²) in [4.78, 5) is 10.6. The summed E-state index contributed by atoms with van der Waals surface area (Å²) in [5.74, 6) is 0.130. The second-order valence-electron chi connectivity index (χ2n) is 4.07. The third-order valence-electron chi connectivity index (χ3n) is 2.75. The van der Waals surface area contributed by atoms with Gasteiger partial charge in [0, 0.05) is 0 Å². The van der Waals surface area contributed by atoms with Crippen molar-refractivity contribution in [2.45, 2.75) is 13.2 Å². The lowest BCUT2D eigenvalue weighted by Crippen LogP contribution is -2.03. The number of hydrogen-bond donors (Lipinski definition) is 1. The first-order valence-electron chi connectivity index (χ1n) is 5.87. The largest absolute Gasteiger partial charge is 0.481 e. The molecule has 104 valence electrons. The van der Waals surface area contributed by atoms with Crippen LogP contribution in [0.4, 0.5) is 5.69 Å². The first-order valence-corrected chi connectivity index (χ1v) is 6.66. The van der Waals surface area contributed by atoms with E-state index in [4.69, 9.17) is 4.74 Å². The van der Waals surface area contributed by atoms with Crippen LogP contribution < -0.4 is 4.74 Å². The zero-order valence-electron chi connectivity index (χ0n) is 10.5. The van der Waals surface area contributed by atoms with Crippen molar-refractivity contribution in [1.29, 1.82) is 0 Å². The van der Waals surface area contributed by atoms with Gasteiger partial charge in [0.05, 0.1) is 21.6 Å². The summed E-state index contributed by atoms with van der Waals surface area (Å²) in [5, 5.41) is 20.4. The molecule has 0 saturated heterocycles. The molecule has 0 saturated carbocycles. The van der Waals surface area contributed by atoms with Gasteiger partial charge in [-0.05, 0) is 33.6 Å². The summed E-state index contributed by atoms with van der Waals surface area (Å²) >= 11 is 3.24. The van der Waals surface area contributed by atoms with E-state index < -0.39 is 11.5 Å². The summed E-state index contributed by atoms with van der Waals surface area (Å²) in [6.45, 7) is -0.194. The monoisotopic (exact) mass is 337 g/mol. The van der Waals surface area contributed by atoms with Gasteiger partial charge in [-0.3, -0.25) is 10.1 Å². The van der Waals surface area contributed by atoms with E-state index >= 15 is 0 Å². The lowest BCUT2D eigenvalue weighted by atomic mass is 10.1. The van der Waals surface area contributed by atoms with Gasteiger partial charge in [-0.15, -0.1) is 0 Å². The Balaban J connectivity index is 2.33. The molecule has 0 atom stereocenters. The lowest BCUT2D eigenvalue weighted by Gasteiger charge is -2.10. The van der Waals surface area contributed by atoms with Gasteiger partial charge in [0.15, 0.2) is 0 Å². The van der Waals surface area contributed by atoms with Crippen molar-refractivity contribution in [3.05, 3.63) is 68.2 Å². The van der Waals surface area contributed by atoms with E-state index in [0.717, 1.165) is 5.56 Å². The number of halogens is 1. The Morgan fingerprint density at radius 3 is 2.50 bits per heavy atom. The van der Waals surface area contributed by atoms with Crippen LogP contribution in [-0.4, -0.2) is 10.0 Å². The van der Waals surface area contributed by atoms with Crippen molar-refractivity contribution in [2.24, 2.45) is 0 Å². The molecule has 0 aliphatic rings. The van der Waals surface area contributed by atoms with Crippen LogP contribution >= 0.6 is 15.9 Å². The Hall–Kier alpha value is -1.92. The molecule has 1 N–H and O–H groups in total. The summed E-state index contributed by atoms with van der Waals surface area (Å²) < 4.78 is 6.04. The SMILES string of the molecule is O=[N+]([O-])c1c(CO)ccc(Br)c1OCc1ccccc1. The average molecular weight is 338 g/mol. The molecule has 20 heavy (non-hydrogen) atoms. The Morgan fingerprint density at radius 2 is 1.90 bits per heavy atom. The summed E-state index contributed by atoms with van der Waals surface area (Å²) in [7, 11) is 0. The number of nitrogens with zero attached hydrogens (tertiary/aromatic N) is 1. The van der Waals surface area contributed by atoms with Crippen LogP contribution in [0.5, 0.6) is 5.75 Å².